The standard InChI is InChI=1S/C15H25N5/c1-12-13-4-2-5-14(13)18-15(17-12)20-10-8-19(9-11-20)7-3-6-16/h2-11,16H2,1H3. The Morgan fingerprint density at radius 1 is 1.10 bits per heavy atom. The van der Waals surface area contributed by atoms with Crippen LogP contribution in [0.2, 0.25) is 0 Å². The molecule has 0 saturated carbocycles. The highest BCUT2D eigenvalue weighted by Gasteiger charge is 2.22. The maximum absolute atomic E-state index is 5.58. The number of hydrogen-bond acceptors (Lipinski definition) is 5. The highest BCUT2D eigenvalue weighted by molar-refractivity contribution is 5.39. The van der Waals surface area contributed by atoms with Gasteiger partial charge in [-0.2, -0.15) is 0 Å². The van der Waals surface area contributed by atoms with Gasteiger partial charge in [-0.3, -0.25) is 4.90 Å². The van der Waals surface area contributed by atoms with Crippen molar-refractivity contribution in [3.8, 4) is 0 Å². The van der Waals surface area contributed by atoms with Crippen LogP contribution in [0.1, 0.15) is 29.8 Å². The van der Waals surface area contributed by atoms with Gasteiger partial charge in [0.05, 0.1) is 0 Å². The molecular formula is C15H25N5. The molecule has 2 aliphatic rings. The lowest BCUT2D eigenvalue weighted by Crippen LogP contribution is -2.47. The summed E-state index contributed by atoms with van der Waals surface area (Å²) in [6.07, 6.45) is 4.62. The summed E-state index contributed by atoms with van der Waals surface area (Å²) in [6.45, 7) is 8.29. The summed E-state index contributed by atoms with van der Waals surface area (Å²) in [5, 5.41) is 0. The first-order valence-electron chi connectivity index (χ1n) is 7.81. The first-order valence-corrected chi connectivity index (χ1v) is 7.81. The van der Waals surface area contributed by atoms with Gasteiger partial charge in [-0.05, 0) is 51.3 Å². The van der Waals surface area contributed by atoms with Crippen LogP contribution in [0.25, 0.3) is 0 Å². The summed E-state index contributed by atoms with van der Waals surface area (Å²) in [5.41, 5.74) is 9.45. The molecule has 1 aliphatic carbocycles. The Hall–Kier alpha value is -1.20. The molecule has 0 atom stereocenters. The maximum Gasteiger partial charge on any atom is 0.225 e. The van der Waals surface area contributed by atoms with Gasteiger partial charge in [-0.1, -0.05) is 0 Å². The molecule has 2 heterocycles. The molecule has 0 aromatic carbocycles. The topological polar surface area (TPSA) is 58.3 Å². The van der Waals surface area contributed by atoms with Gasteiger partial charge in [0.2, 0.25) is 5.95 Å². The van der Waals surface area contributed by atoms with Crippen molar-refractivity contribution in [1.82, 2.24) is 14.9 Å². The normalized spacial score (nSPS) is 19.4. The van der Waals surface area contributed by atoms with Gasteiger partial charge in [0.1, 0.15) is 0 Å². The third-order valence-corrected chi connectivity index (χ3v) is 4.46. The molecule has 0 unspecified atom stereocenters. The first kappa shape index (κ1) is 13.8. The van der Waals surface area contributed by atoms with E-state index in [1.807, 2.05) is 0 Å². The Morgan fingerprint density at radius 3 is 2.65 bits per heavy atom. The molecule has 3 rings (SSSR count). The Balaban J connectivity index is 1.65. The van der Waals surface area contributed by atoms with Crippen molar-refractivity contribution in [3.63, 3.8) is 0 Å². The maximum atomic E-state index is 5.58. The lowest BCUT2D eigenvalue weighted by Gasteiger charge is -2.35. The van der Waals surface area contributed by atoms with Gasteiger partial charge in [0, 0.05) is 37.6 Å². The second-order valence-corrected chi connectivity index (χ2v) is 5.86. The average Bonchev–Trinajstić information content (AvgIpc) is 2.94. The Morgan fingerprint density at radius 2 is 1.90 bits per heavy atom. The fraction of sp³-hybridized carbons (Fsp3) is 0.733. The van der Waals surface area contributed by atoms with Crippen molar-refractivity contribution in [1.29, 1.82) is 0 Å². The second-order valence-electron chi connectivity index (χ2n) is 5.86. The zero-order valence-corrected chi connectivity index (χ0v) is 12.4. The number of aromatic nitrogens is 2. The molecule has 0 spiro atoms. The highest BCUT2D eigenvalue weighted by Crippen LogP contribution is 2.25. The zero-order chi connectivity index (χ0) is 13.9. The van der Waals surface area contributed by atoms with E-state index >= 15 is 0 Å². The van der Waals surface area contributed by atoms with Crippen molar-refractivity contribution < 1.29 is 0 Å². The molecule has 5 nitrogen and oxygen atoms in total. The third-order valence-electron chi connectivity index (χ3n) is 4.46. The summed E-state index contributed by atoms with van der Waals surface area (Å²) in [4.78, 5) is 14.4. The smallest absolute Gasteiger partial charge is 0.225 e. The second kappa shape index (κ2) is 6.06. The molecule has 110 valence electrons. The van der Waals surface area contributed by atoms with Gasteiger partial charge in [-0.25, -0.2) is 9.97 Å². The fourth-order valence-electron chi connectivity index (χ4n) is 3.23. The van der Waals surface area contributed by atoms with Crippen LogP contribution in [0.5, 0.6) is 0 Å². The molecule has 1 aliphatic heterocycles. The minimum atomic E-state index is 0.785. The third kappa shape index (κ3) is 2.79. The SMILES string of the molecule is Cc1nc(N2CCN(CCCN)CC2)nc2c1CCC2. The van der Waals surface area contributed by atoms with Crippen LogP contribution in [-0.4, -0.2) is 54.1 Å². The number of rotatable bonds is 4. The van der Waals surface area contributed by atoms with Gasteiger partial charge >= 0.3 is 0 Å². The van der Waals surface area contributed by atoms with Crippen molar-refractivity contribution >= 4 is 5.95 Å². The molecular weight excluding hydrogens is 250 g/mol. The molecule has 5 heteroatoms. The fourth-order valence-corrected chi connectivity index (χ4v) is 3.23. The summed E-state index contributed by atoms with van der Waals surface area (Å²) >= 11 is 0. The number of aryl methyl sites for hydroxylation is 2. The quantitative estimate of drug-likeness (QED) is 0.878. The van der Waals surface area contributed by atoms with E-state index in [0.717, 1.165) is 64.5 Å². The monoisotopic (exact) mass is 275 g/mol. The number of nitrogens with zero attached hydrogens (tertiary/aromatic N) is 4. The van der Waals surface area contributed by atoms with E-state index in [4.69, 9.17) is 15.7 Å². The summed E-state index contributed by atoms with van der Waals surface area (Å²) in [7, 11) is 0. The van der Waals surface area contributed by atoms with E-state index in [9.17, 15) is 0 Å². The van der Waals surface area contributed by atoms with Gasteiger partial charge in [-0.15, -0.1) is 0 Å². The number of nitrogens with two attached hydrogens (primary N) is 1. The van der Waals surface area contributed by atoms with Crippen LogP contribution in [0.4, 0.5) is 5.95 Å². The van der Waals surface area contributed by atoms with Crippen LogP contribution < -0.4 is 10.6 Å². The summed E-state index contributed by atoms with van der Waals surface area (Å²) < 4.78 is 0. The van der Waals surface area contributed by atoms with E-state index in [0.29, 0.717) is 0 Å². The Kier molecular flexibility index (Phi) is 4.17. The summed E-state index contributed by atoms with van der Waals surface area (Å²) in [6, 6.07) is 0. The molecule has 20 heavy (non-hydrogen) atoms. The first-order chi connectivity index (χ1) is 9.78. The molecule has 1 aromatic heterocycles. The molecule has 0 amide bonds. The molecule has 0 bridgehead atoms. The van der Waals surface area contributed by atoms with Crippen molar-refractivity contribution in [3.05, 3.63) is 17.0 Å². The molecule has 1 saturated heterocycles. The van der Waals surface area contributed by atoms with E-state index in [1.54, 1.807) is 0 Å². The zero-order valence-electron chi connectivity index (χ0n) is 12.4. The molecule has 1 aromatic rings. The predicted octanol–water partition coefficient (Wildman–Crippen LogP) is 0.745. The molecule has 2 N–H and O–H groups in total. The van der Waals surface area contributed by atoms with Crippen LogP contribution in [0.3, 0.4) is 0 Å². The van der Waals surface area contributed by atoms with Gasteiger partial charge < -0.3 is 10.6 Å². The van der Waals surface area contributed by atoms with Crippen LogP contribution >= 0.6 is 0 Å². The van der Waals surface area contributed by atoms with Crippen molar-refractivity contribution in [2.45, 2.75) is 32.6 Å². The lowest BCUT2D eigenvalue weighted by atomic mass is 10.2. The minimum absolute atomic E-state index is 0.785. The van der Waals surface area contributed by atoms with Crippen LogP contribution in [0.15, 0.2) is 0 Å². The van der Waals surface area contributed by atoms with Gasteiger partial charge in [0.25, 0.3) is 0 Å². The van der Waals surface area contributed by atoms with E-state index in [1.165, 1.54) is 23.4 Å². The molecule has 1 fully saturated rings. The number of hydrogen-bond donors (Lipinski definition) is 1. The van der Waals surface area contributed by atoms with E-state index in [-0.39, 0.29) is 0 Å². The largest absolute Gasteiger partial charge is 0.338 e. The lowest BCUT2D eigenvalue weighted by molar-refractivity contribution is 0.255. The molecule has 0 radical (unpaired) electrons. The predicted molar refractivity (Wildman–Crippen MR) is 81.1 cm³/mol. The van der Waals surface area contributed by atoms with E-state index < -0.39 is 0 Å². The van der Waals surface area contributed by atoms with Crippen LogP contribution in [-0.2, 0) is 12.8 Å². The van der Waals surface area contributed by atoms with Crippen LogP contribution in [0, 0.1) is 6.92 Å². The Bertz CT molecular complexity index is 466. The van der Waals surface area contributed by atoms with Gasteiger partial charge in [0.15, 0.2) is 0 Å². The highest BCUT2D eigenvalue weighted by atomic mass is 15.3. The van der Waals surface area contributed by atoms with E-state index in [2.05, 4.69) is 16.7 Å². The Labute approximate surface area is 121 Å². The van der Waals surface area contributed by atoms with Crippen molar-refractivity contribution in [2.75, 3.05) is 44.2 Å². The van der Waals surface area contributed by atoms with Crippen molar-refractivity contribution in [2.24, 2.45) is 5.73 Å². The number of fused-ring (bicyclic) bond motifs is 1. The number of piperazine rings is 1. The average molecular weight is 275 g/mol. The summed E-state index contributed by atoms with van der Waals surface area (Å²) in [5.74, 6) is 0.946. The number of anilines is 1. The minimum Gasteiger partial charge on any atom is -0.338 e.